The smallest absolute Gasteiger partial charge is 0.306 e. The third-order valence-corrected chi connectivity index (χ3v) is 2.09. The molecule has 0 fully saturated rings. The average Bonchev–Trinajstić information content (AvgIpc) is 2.00. The molecule has 0 amide bonds. The number of rotatable bonds is 6. The van der Waals surface area contributed by atoms with Crippen molar-refractivity contribution in [3.8, 4) is 0 Å². The molecule has 0 bridgehead atoms. The van der Waals surface area contributed by atoms with Crippen LogP contribution in [0.3, 0.4) is 0 Å². The first-order chi connectivity index (χ1) is 6.91. The zero-order valence-electron chi connectivity index (χ0n) is 10.7. The van der Waals surface area contributed by atoms with Crippen molar-refractivity contribution in [2.45, 2.75) is 60.0 Å². The van der Waals surface area contributed by atoms with Crippen LogP contribution in [0.15, 0.2) is 11.6 Å². The highest BCUT2D eigenvalue weighted by Crippen LogP contribution is 2.13. The summed E-state index contributed by atoms with van der Waals surface area (Å²) < 4.78 is 5.09. The molecule has 0 aliphatic heterocycles. The molecule has 2 nitrogen and oxygen atoms in total. The van der Waals surface area contributed by atoms with Crippen LogP contribution in [0.5, 0.6) is 0 Å². The van der Waals surface area contributed by atoms with Gasteiger partial charge in [0.15, 0.2) is 0 Å². The second-order valence-electron chi connectivity index (χ2n) is 4.71. The molecule has 0 spiro atoms. The maximum absolute atomic E-state index is 11.3. The molecule has 88 valence electrons. The number of carbonyl (C=O) groups excluding carboxylic acids is 1. The highest BCUT2D eigenvalue weighted by atomic mass is 16.5. The molecule has 0 aliphatic rings. The van der Waals surface area contributed by atoms with E-state index in [9.17, 15) is 4.79 Å². The molecule has 0 unspecified atom stereocenters. The molecule has 0 aliphatic carbocycles. The molecular formula is C13H24O2. The van der Waals surface area contributed by atoms with Crippen molar-refractivity contribution < 1.29 is 9.53 Å². The molecule has 0 radical (unpaired) electrons. The van der Waals surface area contributed by atoms with Crippen molar-refractivity contribution in [3.63, 3.8) is 0 Å². The van der Waals surface area contributed by atoms with Crippen molar-refractivity contribution in [1.29, 1.82) is 0 Å². The number of hydrogen-bond donors (Lipinski definition) is 0. The van der Waals surface area contributed by atoms with Crippen LogP contribution in [0.1, 0.15) is 53.9 Å². The molecule has 2 heteroatoms. The second-order valence-corrected chi connectivity index (χ2v) is 4.71. The van der Waals surface area contributed by atoms with Gasteiger partial charge in [0.25, 0.3) is 0 Å². The summed E-state index contributed by atoms with van der Waals surface area (Å²) in [5.41, 5.74) is 1.34. The minimum absolute atomic E-state index is 0.00230. The van der Waals surface area contributed by atoms with E-state index in [1.165, 1.54) is 5.57 Å². The van der Waals surface area contributed by atoms with E-state index in [-0.39, 0.29) is 12.1 Å². The van der Waals surface area contributed by atoms with Gasteiger partial charge in [-0.15, -0.1) is 0 Å². The minimum atomic E-state index is -0.0744. The van der Waals surface area contributed by atoms with Crippen LogP contribution in [0.4, 0.5) is 0 Å². The Bertz CT molecular complexity index is 213. The van der Waals surface area contributed by atoms with Gasteiger partial charge in [0.05, 0.1) is 6.10 Å². The Morgan fingerprint density at radius 2 is 1.87 bits per heavy atom. The van der Waals surface area contributed by atoms with E-state index in [1.54, 1.807) is 0 Å². The van der Waals surface area contributed by atoms with E-state index >= 15 is 0 Å². The molecule has 0 saturated carbocycles. The minimum Gasteiger partial charge on any atom is -0.463 e. The quantitative estimate of drug-likeness (QED) is 0.495. The van der Waals surface area contributed by atoms with Gasteiger partial charge in [0, 0.05) is 6.42 Å². The zero-order valence-corrected chi connectivity index (χ0v) is 10.7. The second kappa shape index (κ2) is 7.49. The lowest BCUT2D eigenvalue weighted by Crippen LogP contribution is -2.14. The van der Waals surface area contributed by atoms with Crippen LogP contribution >= 0.6 is 0 Å². The van der Waals surface area contributed by atoms with E-state index in [0.29, 0.717) is 12.3 Å². The van der Waals surface area contributed by atoms with Gasteiger partial charge < -0.3 is 4.74 Å². The summed E-state index contributed by atoms with van der Waals surface area (Å²) in [4.78, 5) is 11.3. The number of carbonyl (C=O) groups is 1. The lowest BCUT2D eigenvalue weighted by molar-refractivity contribution is -0.148. The first kappa shape index (κ1) is 14.2. The predicted molar refractivity (Wildman–Crippen MR) is 63.7 cm³/mol. The van der Waals surface area contributed by atoms with E-state index in [1.807, 2.05) is 13.8 Å². The monoisotopic (exact) mass is 212 g/mol. The number of esters is 1. The summed E-state index contributed by atoms with van der Waals surface area (Å²) in [6, 6.07) is 0. The Kier molecular flexibility index (Phi) is 7.10. The van der Waals surface area contributed by atoms with E-state index in [2.05, 4.69) is 26.8 Å². The van der Waals surface area contributed by atoms with Gasteiger partial charge in [-0.05, 0) is 46.5 Å². The normalized spacial score (nSPS) is 12.4. The Labute approximate surface area is 93.7 Å². The van der Waals surface area contributed by atoms with Crippen molar-refractivity contribution in [3.05, 3.63) is 11.6 Å². The molecule has 15 heavy (non-hydrogen) atoms. The average molecular weight is 212 g/mol. The fourth-order valence-corrected chi connectivity index (χ4v) is 1.35. The van der Waals surface area contributed by atoms with E-state index in [4.69, 9.17) is 4.74 Å². The summed E-state index contributed by atoms with van der Waals surface area (Å²) in [7, 11) is 0. The Morgan fingerprint density at radius 1 is 1.27 bits per heavy atom. The summed E-state index contributed by atoms with van der Waals surface area (Å²) in [5.74, 6) is 0.335. The van der Waals surface area contributed by atoms with Gasteiger partial charge in [0.1, 0.15) is 0 Å². The third kappa shape index (κ3) is 9.51. The number of ether oxygens (including phenoxy) is 1. The predicted octanol–water partition coefficient (Wildman–Crippen LogP) is 3.71. The van der Waals surface area contributed by atoms with Crippen molar-refractivity contribution in [2.24, 2.45) is 5.92 Å². The first-order valence-electron chi connectivity index (χ1n) is 5.74. The molecule has 0 rings (SSSR count). The third-order valence-electron chi connectivity index (χ3n) is 2.09. The molecule has 0 aromatic heterocycles. The molecule has 0 aromatic carbocycles. The van der Waals surface area contributed by atoms with Crippen LogP contribution < -0.4 is 0 Å². The summed E-state index contributed by atoms with van der Waals surface area (Å²) in [6.45, 7) is 10.0. The fourth-order valence-electron chi connectivity index (χ4n) is 1.35. The van der Waals surface area contributed by atoms with Gasteiger partial charge in [-0.2, -0.15) is 0 Å². The Hall–Kier alpha value is -0.790. The molecule has 0 N–H and O–H groups in total. The van der Waals surface area contributed by atoms with Crippen LogP contribution in [0, 0.1) is 5.92 Å². The Balaban J connectivity index is 3.69. The molecular weight excluding hydrogens is 188 g/mol. The maximum atomic E-state index is 11.3. The van der Waals surface area contributed by atoms with Gasteiger partial charge in [-0.1, -0.05) is 18.6 Å². The van der Waals surface area contributed by atoms with Crippen molar-refractivity contribution in [1.82, 2.24) is 0 Å². The van der Waals surface area contributed by atoms with E-state index in [0.717, 1.165) is 12.8 Å². The lowest BCUT2D eigenvalue weighted by atomic mass is 10.0. The Morgan fingerprint density at radius 3 is 2.33 bits per heavy atom. The highest BCUT2D eigenvalue weighted by Gasteiger charge is 2.10. The summed E-state index contributed by atoms with van der Waals surface area (Å²) >= 11 is 0. The maximum Gasteiger partial charge on any atom is 0.306 e. The lowest BCUT2D eigenvalue weighted by Gasteiger charge is -2.11. The van der Waals surface area contributed by atoms with Crippen LogP contribution in [-0.2, 0) is 9.53 Å². The molecule has 0 aromatic rings. The standard InChI is InChI=1S/C13H24O2/c1-10(2)7-6-8-12(5)9-13(14)15-11(3)4/h7,11-12H,6,8-9H2,1-5H3/t12-/m1/s1. The van der Waals surface area contributed by atoms with Crippen molar-refractivity contribution >= 4 is 5.97 Å². The highest BCUT2D eigenvalue weighted by molar-refractivity contribution is 5.69. The molecule has 1 atom stereocenters. The van der Waals surface area contributed by atoms with Crippen LogP contribution in [0.2, 0.25) is 0 Å². The summed E-state index contributed by atoms with van der Waals surface area (Å²) in [5, 5.41) is 0. The number of allylic oxidation sites excluding steroid dienone is 2. The van der Waals surface area contributed by atoms with Gasteiger partial charge in [0.2, 0.25) is 0 Å². The van der Waals surface area contributed by atoms with Crippen molar-refractivity contribution in [2.75, 3.05) is 0 Å². The summed E-state index contributed by atoms with van der Waals surface area (Å²) in [6.07, 6.45) is 4.86. The SMILES string of the molecule is CC(C)=CCC[C@@H](C)CC(=O)OC(C)C. The topological polar surface area (TPSA) is 26.3 Å². The van der Waals surface area contributed by atoms with Gasteiger partial charge in [-0.3, -0.25) is 4.79 Å². The number of hydrogen-bond acceptors (Lipinski definition) is 2. The van der Waals surface area contributed by atoms with Gasteiger partial charge >= 0.3 is 5.97 Å². The zero-order chi connectivity index (χ0) is 11.8. The van der Waals surface area contributed by atoms with Crippen LogP contribution in [0.25, 0.3) is 0 Å². The molecule has 0 heterocycles. The van der Waals surface area contributed by atoms with Gasteiger partial charge in [-0.25, -0.2) is 0 Å². The first-order valence-corrected chi connectivity index (χ1v) is 5.74. The van der Waals surface area contributed by atoms with Crippen LogP contribution in [-0.4, -0.2) is 12.1 Å². The fraction of sp³-hybridized carbons (Fsp3) is 0.769. The molecule has 0 saturated heterocycles. The largest absolute Gasteiger partial charge is 0.463 e. The van der Waals surface area contributed by atoms with E-state index < -0.39 is 0 Å².